The molecular formula is C10H20N2O5. The fourth-order valence-electron chi connectivity index (χ4n) is 1.06. The van der Waals surface area contributed by atoms with Crippen LogP contribution >= 0.6 is 0 Å². The average molecular weight is 248 g/mol. The van der Waals surface area contributed by atoms with Gasteiger partial charge in [-0.05, 0) is 13.8 Å². The molecule has 0 saturated carbocycles. The number of carbonyl (C=O) groups excluding carboxylic acids is 1. The van der Waals surface area contributed by atoms with Crippen LogP contribution in [-0.2, 0) is 9.53 Å². The van der Waals surface area contributed by atoms with Gasteiger partial charge in [0.2, 0.25) is 0 Å². The van der Waals surface area contributed by atoms with Crippen molar-refractivity contribution in [2.24, 2.45) is 0 Å². The number of aliphatic hydroxyl groups excluding tert-OH is 1. The lowest BCUT2D eigenvalue weighted by atomic mass is 10.2. The number of nitrogens with one attached hydrogen (secondary N) is 2. The lowest BCUT2D eigenvalue weighted by Crippen LogP contribution is -2.43. The first-order valence-electron chi connectivity index (χ1n) is 5.50. The van der Waals surface area contributed by atoms with Gasteiger partial charge < -0.3 is 25.6 Å². The number of carbonyl (C=O) groups is 2. The normalized spacial score (nSPS) is 13.8. The van der Waals surface area contributed by atoms with Crippen molar-refractivity contribution in [3.63, 3.8) is 0 Å². The summed E-state index contributed by atoms with van der Waals surface area (Å²) in [7, 11) is 0. The summed E-state index contributed by atoms with van der Waals surface area (Å²) in [4.78, 5) is 21.5. The fourth-order valence-corrected chi connectivity index (χ4v) is 1.06. The van der Waals surface area contributed by atoms with Gasteiger partial charge in [0.05, 0.1) is 12.6 Å². The highest BCUT2D eigenvalue weighted by molar-refractivity contribution is 5.74. The van der Waals surface area contributed by atoms with Crippen LogP contribution in [0.1, 0.15) is 20.3 Å². The van der Waals surface area contributed by atoms with Gasteiger partial charge in [0.1, 0.15) is 0 Å². The number of aliphatic hydroxyl groups is 1. The third-order valence-corrected chi connectivity index (χ3v) is 1.94. The number of aliphatic carboxylic acids is 1. The van der Waals surface area contributed by atoms with E-state index in [0.717, 1.165) is 0 Å². The van der Waals surface area contributed by atoms with Crippen molar-refractivity contribution in [2.75, 3.05) is 19.8 Å². The zero-order chi connectivity index (χ0) is 13.3. The van der Waals surface area contributed by atoms with Crippen molar-refractivity contribution >= 4 is 12.0 Å². The summed E-state index contributed by atoms with van der Waals surface area (Å²) < 4.78 is 5.11. The molecule has 0 saturated heterocycles. The molecular weight excluding hydrogens is 228 g/mol. The molecule has 7 nitrogen and oxygen atoms in total. The molecule has 0 rings (SSSR count). The predicted molar refractivity (Wildman–Crippen MR) is 60.7 cm³/mol. The summed E-state index contributed by atoms with van der Waals surface area (Å²) in [5.41, 5.74) is 0. The third-order valence-electron chi connectivity index (χ3n) is 1.94. The van der Waals surface area contributed by atoms with Crippen molar-refractivity contribution in [1.29, 1.82) is 0 Å². The molecule has 0 spiro atoms. The molecule has 7 heteroatoms. The van der Waals surface area contributed by atoms with Gasteiger partial charge >= 0.3 is 12.0 Å². The number of rotatable bonds is 8. The molecule has 0 aromatic heterocycles. The van der Waals surface area contributed by atoms with Crippen molar-refractivity contribution in [3.05, 3.63) is 0 Å². The number of hydrogen-bond acceptors (Lipinski definition) is 4. The van der Waals surface area contributed by atoms with E-state index in [0.29, 0.717) is 13.2 Å². The maximum Gasteiger partial charge on any atom is 0.332 e. The Bertz CT molecular complexity index is 247. The van der Waals surface area contributed by atoms with Gasteiger partial charge in [0.15, 0.2) is 6.10 Å². The Balaban J connectivity index is 3.62. The van der Waals surface area contributed by atoms with E-state index in [9.17, 15) is 9.59 Å². The summed E-state index contributed by atoms with van der Waals surface area (Å²) in [5.74, 6) is -1.29. The molecule has 0 heterocycles. The van der Waals surface area contributed by atoms with E-state index in [4.69, 9.17) is 14.9 Å². The van der Waals surface area contributed by atoms with Crippen molar-refractivity contribution < 1.29 is 24.5 Å². The Kier molecular flexibility index (Phi) is 8.08. The van der Waals surface area contributed by atoms with E-state index in [-0.39, 0.29) is 19.0 Å². The fraction of sp³-hybridized carbons (Fsp3) is 0.800. The minimum absolute atomic E-state index is 0.0252. The lowest BCUT2D eigenvalue weighted by Gasteiger charge is -2.14. The van der Waals surface area contributed by atoms with Crippen LogP contribution in [0.25, 0.3) is 0 Å². The molecule has 0 aliphatic heterocycles. The SMILES string of the molecule is CCOCC(C)NC(=O)NCC[C@H](O)C(=O)O. The molecule has 0 fully saturated rings. The lowest BCUT2D eigenvalue weighted by molar-refractivity contribution is -0.146. The minimum atomic E-state index is -1.45. The molecule has 0 bridgehead atoms. The highest BCUT2D eigenvalue weighted by Crippen LogP contribution is 1.89. The third kappa shape index (κ3) is 8.47. The molecule has 1 unspecified atom stereocenters. The van der Waals surface area contributed by atoms with Gasteiger partial charge in [-0.1, -0.05) is 0 Å². The van der Waals surface area contributed by atoms with E-state index in [1.165, 1.54) is 0 Å². The number of carboxylic acids is 1. The van der Waals surface area contributed by atoms with Crippen LogP contribution in [0.3, 0.4) is 0 Å². The second-order valence-electron chi connectivity index (χ2n) is 3.60. The van der Waals surface area contributed by atoms with Crippen LogP contribution in [0.5, 0.6) is 0 Å². The van der Waals surface area contributed by atoms with Crippen LogP contribution in [0.15, 0.2) is 0 Å². The molecule has 0 aliphatic rings. The highest BCUT2D eigenvalue weighted by atomic mass is 16.5. The Morgan fingerprint density at radius 1 is 1.41 bits per heavy atom. The van der Waals surface area contributed by atoms with E-state index in [1.807, 2.05) is 6.92 Å². The molecule has 2 atom stereocenters. The molecule has 2 amide bonds. The minimum Gasteiger partial charge on any atom is -0.479 e. The monoisotopic (exact) mass is 248 g/mol. The van der Waals surface area contributed by atoms with Gasteiger partial charge in [-0.2, -0.15) is 0 Å². The van der Waals surface area contributed by atoms with E-state index in [1.54, 1.807) is 6.92 Å². The van der Waals surface area contributed by atoms with Crippen molar-refractivity contribution in [3.8, 4) is 0 Å². The van der Waals surface area contributed by atoms with Gasteiger partial charge in [-0.3, -0.25) is 0 Å². The first-order valence-corrected chi connectivity index (χ1v) is 5.50. The number of urea groups is 1. The zero-order valence-electron chi connectivity index (χ0n) is 10.1. The zero-order valence-corrected chi connectivity index (χ0v) is 10.1. The predicted octanol–water partition coefficient (Wildman–Crippen LogP) is -0.454. The van der Waals surface area contributed by atoms with Crippen molar-refractivity contribution in [1.82, 2.24) is 10.6 Å². The Hall–Kier alpha value is -1.34. The molecule has 4 N–H and O–H groups in total. The summed E-state index contributed by atoms with van der Waals surface area (Å²) >= 11 is 0. The number of hydrogen-bond donors (Lipinski definition) is 4. The summed E-state index contributed by atoms with van der Waals surface area (Å²) in [5, 5.41) is 22.4. The van der Waals surface area contributed by atoms with E-state index < -0.39 is 18.1 Å². The molecule has 0 aromatic rings. The molecule has 0 aliphatic carbocycles. The maximum atomic E-state index is 11.3. The first-order chi connectivity index (χ1) is 7.97. The quantitative estimate of drug-likeness (QED) is 0.465. The number of ether oxygens (including phenoxy) is 1. The Morgan fingerprint density at radius 3 is 2.59 bits per heavy atom. The Morgan fingerprint density at radius 2 is 2.06 bits per heavy atom. The first kappa shape index (κ1) is 15.7. The summed E-state index contributed by atoms with van der Waals surface area (Å²) in [6, 6.07) is -0.533. The van der Waals surface area contributed by atoms with Crippen molar-refractivity contribution in [2.45, 2.75) is 32.4 Å². The summed E-state index contributed by atoms with van der Waals surface area (Å²) in [6.07, 6.45) is -1.47. The second-order valence-corrected chi connectivity index (χ2v) is 3.60. The van der Waals surface area contributed by atoms with Gasteiger partial charge in [-0.15, -0.1) is 0 Å². The maximum absolute atomic E-state index is 11.3. The number of amides is 2. The van der Waals surface area contributed by atoms with Crippen LogP contribution in [0, 0.1) is 0 Å². The van der Waals surface area contributed by atoms with Crippen LogP contribution in [0.2, 0.25) is 0 Å². The number of carboxylic acid groups (broad SMARTS) is 1. The summed E-state index contributed by atoms with van der Waals surface area (Å²) in [6.45, 7) is 4.75. The van der Waals surface area contributed by atoms with Crippen LogP contribution in [0.4, 0.5) is 4.79 Å². The topological polar surface area (TPSA) is 108 Å². The average Bonchev–Trinajstić information content (AvgIpc) is 2.25. The standard InChI is InChI=1S/C10H20N2O5/c1-3-17-6-7(2)12-10(16)11-5-4-8(13)9(14)15/h7-8,13H,3-6H2,1-2H3,(H,14,15)(H2,11,12,16)/t7?,8-/m0/s1. The second kappa shape index (κ2) is 8.77. The Labute approximate surface area is 100 Å². The van der Waals surface area contributed by atoms with E-state index in [2.05, 4.69) is 10.6 Å². The molecule has 100 valence electrons. The smallest absolute Gasteiger partial charge is 0.332 e. The van der Waals surface area contributed by atoms with Crippen LogP contribution < -0.4 is 10.6 Å². The van der Waals surface area contributed by atoms with Gasteiger partial charge in [0.25, 0.3) is 0 Å². The van der Waals surface area contributed by atoms with Crippen LogP contribution in [-0.4, -0.2) is 54.1 Å². The molecule has 0 radical (unpaired) electrons. The molecule has 0 aromatic carbocycles. The molecule has 17 heavy (non-hydrogen) atoms. The van der Waals surface area contributed by atoms with E-state index >= 15 is 0 Å². The van der Waals surface area contributed by atoms with Gasteiger partial charge in [0, 0.05) is 19.6 Å². The largest absolute Gasteiger partial charge is 0.479 e. The highest BCUT2D eigenvalue weighted by Gasteiger charge is 2.13. The van der Waals surface area contributed by atoms with Gasteiger partial charge in [-0.25, -0.2) is 9.59 Å².